The Morgan fingerprint density at radius 3 is 2.71 bits per heavy atom. The van der Waals surface area contributed by atoms with E-state index in [1.54, 1.807) is 0 Å². The maximum atomic E-state index is 11.6. The highest BCUT2D eigenvalue weighted by atomic mass is 127. The van der Waals surface area contributed by atoms with Crippen LogP contribution >= 0.6 is 24.0 Å². The smallest absolute Gasteiger partial charge is 0.308 e. The third kappa shape index (κ3) is 5.92. The van der Waals surface area contributed by atoms with Crippen LogP contribution in [0.5, 0.6) is 0 Å². The molecule has 2 heterocycles. The average Bonchev–Trinajstić information content (AvgIpc) is 2.58. The fourth-order valence-electron chi connectivity index (χ4n) is 2.76. The Bertz CT molecular complexity index is 557. The number of methoxy groups -OCH3 is 1. The Morgan fingerprint density at radius 2 is 2.12 bits per heavy atom. The molecule has 1 N–H and O–H groups in total. The van der Waals surface area contributed by atoms with Crippen molar-refractivity contribution in [3.63, 3.8) is 0 Å². The second kappa shape index (κ2) is 10.5. The second-order valence-electron chi connectivity index (χ2n) is 5.72. The van der Waals surface area contributed by atoms with Crippen molar-refractivity contribution in [3.8, 4) is 0 Å². The number of guanidine groups is 1. The molecule has 0 unspecified atom stereocenters. The molecule has 1 aromatic rings. The second-order valence-corrected chi connectivity index (χ2v) is 5.72. The van der Waals surface area contributed by atoms with E-state index in [1.807, 2.05) is 25.1 Å². The molecule has 134 valence electrons. The first-order valence-corrected chi connectivity index (χ1v) is 8.17. The number of nitrogens with one attached hydrogen (secondary N) is 1. The molecule has 7 heteroatoms. The maximum absolute atomic E-state index is 11.6. The lowest BCUT2D eigenvalue weighted by molar-refractivity contribution is -0.146. The van der Waals surface area contributed by atoms with Crippen molar-refractivity contribution in [2.45, 2.75) is 33.2 Å². The Kier molecular flexibility index (Phi) is 9.02. The van der Waals surface area contributed by atoms with Crippen molar-refractivity contribution in [1.82, 2.24) is 15.2 Å². The predicted molar refractivity (Wildman–Crippen MR) is 106 cm³/mol. The predicted octanol–water partition coefficient (Wildman–Crippen LogP) is 2.36. The number of aliphatic imine (C=N–C) groups is 1. The van der Waals surface area contributed by atoms with Crippen LogP contribution in [0.1, 0.15) is 31.2 Å². The summed E-state index contributed by atoms with van der Waals surface area (Å²) in [6, 6.07) is 5.97. The zero-order chi connectivity index (χ0) is 16.7. The van der Waals surface area contributed by atoms with E-state index in [0.717, 1.165) is 49.8 Å². The molecule has 1 fully saturated rings. The van der Waals surface area contributed by atoms with E-state index in [-0.39, 0.29) is 35.9 Å². The lowest BCUT2D eigenvalue weighted by Crippen LogP contribution is -2.46. The van der Waals surface area contributed by atoms with Gasteiger partial charge in [0.15, 0.2) is 5.96 Å². The number of likely N-dealkylation sites (tertiary alicyclic amines) is 1. The van der Waals surface area contributed by atoms with Crippen LogP contribution in [0.15, 0.2) is 23.2 Å². The largest absolute Gasteiger partial charge is 0.469 e. The molecule has 1 aromatic heterocycles. The molecule has 2 rings (SSSR count). The Morgan fingerprint density at radius 1 is 1.42 bits per heavy atom. The van der Waals surface area contributed by atoms with Crippen molar-refractivity contribution in [2.24, 2.45) is 10.9 Å². The molecule has 24 heavy (non-hydrogen) atoms. The number of piperidine rings is 1. The summed E-state index contributed by atoms with van der Waals surface area (Å²) in [7, 11) is 1.45. The first-order chi connectivity index (χ1) is 11.1. The van der Waals surface area contributed by atoms with E-state index in [1.165, 1.54) is 7.11 Å². The highest BCUT2D eigenvalue weighted by Gasteiger charge is 2.26. The number of hydrogen-bond acceptors (Lipinski definition) is 4. The molecule has 6 nitrogen and oxygen atoms in total. The van der Waals surface area contributed by atoms with Crippen LogP contribution < -0.4 is 5.32 Å². The summed E-state index contributed by atoms with van der Waals surface area (Å²) in [5, 5.41) is 3.33. The first-order valence-electron chi connectivity index (χ1n) is 8.17. The quantitative estimate of drug-likeness (QED) is 0.333. The normalized spacial score (nSPS) is 15.6. The van der Waals surface area contributed by atoms with Crippen LogP contribution in [-0.2, 0) is 16.1 Å². The third-order valence-electron chi connectivity index (χ3n) is 4.00. The number of halogens is 1. The molecule has 0 spiro atoms. The number of aryl methyl sites for hydroxylation is 1. The average molecular weight is 446 g/mol. The Labute approximate surface area is 161 Å². The summed E-state index contributed by atoms with van der Waals surface area (Å²) in [5.41, 5.74) is 1.96. The van der Waals surface area contributed by atoms with Gasteiger partial charge in [-0.25, -0.2) is 4.99 Å². The fourth-order valence-corrected chi connectivity index (χ4v) is 2.76. The van der Waals surface area contributed by atoms with E-state index in [9.17, 15) is 4.79 Å². The number of ether oxygens (including phenoxy) is 1. The molecule has 1 saturated heterocycles. The van der Waals surface area contributed by atoms with Gasteiger partial charge >= 0.3 is 5.97 Å². The topological polar surface area (TPSA) is 66.8 Å². The summed E-state index contributed by atoms with van der Waals surface area (Å²) in [6.07, 6.45) is 1.61. The van der Waals surface area contributed by atoms with E-state index >= 15 is 0 Å². The van der Waals surface area contributed by atoms with Gasteiger partial charge in [0.1, 0.15) is 0 Å². The van der Waals surface area contributed by atoms with Gasteiger partial charge in [-0.2, -0.15) is 0 Å². The molecule has 0 aromatic carbocycles. The van der Waals surface area contributed by atoms with Gasteiger partial charge in [-0.3, -0.25) is 9.78 Å². The lowest BCUT2D eigenvalue weighted by Gasteiger charge is -2.33. The molecule has 0 bridgehead atoms. The van der Waals surface area contributed by atoms with E-state index in [2.05, 4.69) is 22.1 Å². The molecule has 0 atom stereocenters. The molecule has 0 saturated carbocycles. The van der Waals surface area contributed by atoms with Crippen LogP contribution in [0.4, 0.5) is 0 Å². The third-order valence-corrected chi connectivity index (χ3v) is 4.00. The molecule has 1 aliphatic rings. The van der Waals surface area contributed by atoms with Gasteiger partial charge in [-0.05, 0) is 38.8 Å². The summed E-state index contributed by atoms with van der Waals surface area (Å²) in [4.78, 5) is 23.0. The maximum Gasteiger partial charge on any atom is 0.308 e. The van der Waals surface area contributed by atoms with Gasteiger partial charge in [0, 0.05) is 25.3 Å². The van der Waals surface area contributed by atoms with Crippen molar-refractivity contribution < 1.29 is 9.53 Å². The van der Waals surface area contributed by atoms with Crippen LogP contribution in [-0.4, -0.2) is 48.6 Å². The summed E-state index contributed by atoms with van der Waals surface area (Å²) < 4.78 is 4.84. The van der Waals surface area contributed by atoms with Crippen molar-refractivity contribution in [3.05, 3.63) is 29.6 Å². The molecule has 0 radical (unpaired) electrons. The molecule has 0 amide bonds. The number of carbonyl (C=O) groups is 1. The van der Waals surface area contributed by atoms with Crippen molar-refractivity contribution >= 4 is 35.9 Å². The van der Waals surface area contributed by atoms with E-state index in [4.69, 9.17) is 9.73 Å². The standard InChI is InChI=1S/C17H26N4O2.HI/c1-4-18-17(19-12-15-7-5-6-13(2)20-15)21-10-8-14(9-11-21)16(22)23-3;/h5-7,14H,4,8-12H2,1-3H3,(H,18,19);1H. The minimum Gasteiger partial charge on any atom is -0.469 e. The number of esters is 1. The number of rotatable bonds is 4. The lowest BCUT2D eigenvalue weighted by atomic mass is 9.97. The van der Waals surface area contributed by atoms with Crippen LogP contribution in [0, 0.1) is 12.8 Å². The number of hydrogen-bond donors (Lipinski definition) is 1. The van der Waals surface area contributed by atoms with E-state index < -0.39 is 0 Å². The zero-order valence-electron chi connectivity index (χ0n) is 14.6. The molecular formula is C17H27IN4O2. The van der Waals surface area contributed by atoms with Gasteiger partial charge in [-0.15, -0.1) is 24.0 Å². The summed E-state index contributed by atoms with van der Waals surface area (Å²) in [6.45, 7) is 7.04. The highest BCUT2D eigenvalue weighted by molar-refractivity contribution is 14.0. The van der Waals surface area contributed by atoms with Gasteiger partial charge in [-0.1, -0.05) is 6.07 Å². The van der Waals surface area contributed by atoms with Gasteiger partial charge in [0.05, 0.1) is 25.3 Å². The Hall–Kier alpha value is -1.38. The fraction of sp³-hybridized carbons (Fsp3) is 0.588. The number of aromatic nitrogens is 1. The number of carbonyl (C=O) groups excluding carboxylic acids is 1. The molecule has 1 aliphatic heterocycles. The number of nitrogens with zero attached hydrogens (tertiary/aromatic N) is 3. The number of pyridine rings is 1. The molecular weight excluding hydrogens is 419 g/mol. The highest BCUT2D eigenvalue weighted by Crippen LogP contribution is 2.18. The van der Waals surface area contributed by atoms with Crippen molar-refractivity contribution in [2.75, 3.05) is 26.7 Å². The minimum absolute atomic E-state index is 0. The van der Waals surface area contributed by atoms with E-state index in [0.29, 0.717) is 6.54 Å². The minimum atomic E-state index is -0.101. The van der Waals surface area contributed by atoms with Crippen LogP contribution in [0.3, 0.4) is 0 Å². The van der Waals surface area contributed by atoms with Gasteiger partial charge in [0.2, 0.25) is 0 Å². The van der Waals surface area contributed by atoms with Crippen LogP contribution in [0.25, 0.3) is 0 Å². The van der Waals surface area contributed by atoms with Gasteiger partial charge in [0.25, 0.3) is 0 Å². The molecule has 0 aliphatic carbocycles. The first kappa shape index (κ1) is 20.7. The SMILES string of the molecule is CCNC(=NCc1cccc(C)n1)N1CCC(C(=O)OC)CC1.I. The van der Waals surface area contributed by atoms with Crippen LogP contribution in [0.2, 0.25) is 0 Å². The zero-order valence-corrected chi connectivity index (χ0v) is 16.9. The van der Waals surface area contributed by atoms with Gasteiger partial charge < -0.3 is 15.0 Å². The summed E-state index contributed by atoms with van der Waals surface area (Å²) >= 11 is 0. The Balaban J connectivity index is 0.00000288. The monoisotopic (exact) mass is 446 g/mol. The summed E-state index contributed by atoms with van der Waals surface area (Å²) in [5.74, 6) is 0.798. The van der Waals surface area contributed by atoms with Crippen molar-refractivity contribution in [1.29, 1.82) is 0 Å².